The second-order valence-electron chi connectivity index (χ2n) is 40.4. The highest BCUT2D eigenvalue weighted by atomic mass is 32.2. The Balaban J connectivity index is 0.000000838. The van der Waals surface area contributed by atoms with E-state index in [0.717, 1.165) is 0 Å². The molecule has 55 heteroatoms. The molecule has 20 nitrogen and oxygen atoms in total. The first-order valence-electron chi connectivity index (χ1n) is 42.0. The third-order valence-corrected chi connectivity index (χ3v) is 41.8. The van der Waals surface area contributed by atoms with Crippen molar-refractivity contribution in [1.29, 1.82) is 0 Å². The van der Waals surface area contributed by atoms with Gasteiger partial charge in [0.2, 0.25) is 0 Å². The molecule has 0 spiro atoms. The zero-order valence-corrected chi connectivity index (χ0v) is 83.2. The summed E-state index contributed by atoms with van der Waals surface area (Å²) in [5, 5.41) is 45.3. The van der Waals surface area contributed by atoms with Crippen LogP contribution in [0.25, 0.3) is 0 Å². The van der Waals surface area contributed by atoms with Gasteiger partial charge in [-0.05, 0) is 158 Å². The van der Waals surface area contributed by atoms with Gasteiger partial charge >= 0.3 is 61.8 Å². The van der Waals surface area contributed by atoms with E-state index in [4.69, 9.17) is 20.9 Å². The number of hydrogen-bond acceptors (Lipinski definition) is 20. The third kappa shape index (κ3) is 23.1. The van der Waals surface area contributed by atoms with E-state index in [1.807, 2.05) is 0 Å². The van der Waals surface area contributed by atoms with E-state index in [1.165, 1.54) is 138 Å². The Morgan fingerprint density at radius 1 is 0.313 bits per heavy atom. The molecule has 5 aliphatic heterocycles. The molecule has 0 aliphatic carbocycles. The fourth-order valence-corrected chi connectivity index (χ4v) is 31.4. The zero-order chi connectivity index (χ0) is 108. The molecule has 0 aromatic heterocycles. The van der Waals surface area contributed by atoms with E-state index >= 15 is 0 Å². The first kappa shape index (κ1) is 129. The van der Waals surface area contributed by atoms with Crippen molar-refractivity contribution >= 4 is 50.6 Å². The lowest BCUT2D eigenvalue weighted by atomic mass is 9.61. The Kier molecular flexibility index (Phi) is 37.9. The molecule has 134 heavy (non-hydrogen) atoms. The Morgan fingerprint density at radius 3 is 0.799 bits per heavy atom. The minimum absolute atomic E-state index is 0.00288. The average Bonchev–Trinajstić information content (AvgIpc) is 1.53. The van der Waals surface area contributed by atoms with Crippen molar-refractivity contribution in [3.05, 3.63) is 0 Å². The highest BCUT2D eigenvalue weighted by Crippen LogP contribution is 2.64. The smallest absolute Gasteiger partial charge is 0.373 e. The summed E-state index contributed by atoms with van der Waals surface area (Å²) >= 11 is 0. The van der Waals surface area contributed by atoms with Crippen LogP contribution < -0.4 is 0 Å². The summed E-state index contributed by atoms with van der Waals surface area (Å²) in [7, 11) is -21.2. The molecular formula is C79H128F30O20S5. The van der Waals surface area contributed by atoms with Gasteiger partial charge in [-0.1, -0.05) is 143 Å². The van der Waals surface area contributed by atoms with Crippen molar-refractivity contribution in [3.8, 4) is 0 Å². The maximum absolute atomic E-state index is 13.2. The van der Waals surface area contributed by atoms with E-state index in [0.29, 0.717) is 34.6 Å². The van der Waals surface area contributed by atoms with E-state index < -0.39 is 307 Å². The van der Waals surface area contributed by atoms with Crippen molar-refractivity contribution < 1.29 is 220 Å². The molecule has 17 unspecified atom stereocenters. The monoisotopic (exact) mass is 2130 g/mol. The number of alkyl halides is 30. The molecule has 0 radical (unpaired) electrons. The second kappa shape index (κ2) is 39.3. The molecule has 0 aromatic rings. The molecule has 0 saturated carbocycles. The molecular weight excluding hydrogens is 2000 g/mol. The first-order valence-corrected chi connectivity index (χ1v) is 49.2. The van der Waals surface area contributed by atoms with E-state index in [9.17, 15) is 199 Å². The van der Waals surface area contributed by atoms with Gasteiger partial charge in [0.1, 0.15) is 14.2 Å². The normalized spacial score (nSPS) is 29.1. The van der Waals surface area contributed by atoms with Gasteiger partial charge in [0.15, 0.2) is 0 Å². The highest BCUT2D eigenvalue weighted by Gasteiger charge is 2.80. The number of rotatable bonds is 25. The number of hydrogen-bond donors (Lipinski definition) is 5. The summed E-state index contributed by atoms with van der Waals surface area (Å²) in [6.07, 6.45) is -63.6. The Hall–Kier alpha value is -2.75. The lowest BCUT2D eigenvalue weighted by Crippen LogP contribution is -2.62. The van der Waals surface area contributed by atoms with Crippen LogP contribution in [0.1, 0.15) is 271 Å². The van der Waals surface area contributed by atoms with Crippen LogP contribution in [-0.4, -0.2) is 210 Å². The molecule has 5 rings (SSSR count). The van der Waals surface area contributed by atoms with Crippen molar-refractivity contribution in [3.63, 3.8) is 0 Å². The van der Waals surface area contributed by atoms with Crippen LogP contribution >= 0.6 is 0 Å². The van der Waals surface area contributed by atoms with Crippen molar-refractivity contribution in [2.24, 2.45) is 81.8 Å². The standard InChI is InChI=1S/C17H28F6O4S.2C16H26F6O4S.2C15H24F6O4S/c1-8-11(9-10(2)15(24,16(18,19)20)17(21,22)23)14(7)12(3,4)13(5,6)27-28(14,25)26;1-7-10(11-12(3,4)13(5,6)26-27(11,24)25)8-9(2)14(23,15(17,18)19)16(20,21)22;1-7-11(13(6)10(3)12(4,5)26-27(13,24)25)8-9(2)14(23,15(17,18)19)16(20,21)22;1-6-10(12(5)8-11(3,4)25-26(12,23)24)7-9(2)13(22,14(16,17)18)15(19,20)21;1-6-10(11-9(3)12(4,5)25-26(11,23)24)7-8(2)13(22,14(16,17)18)15(19,20)21/h10-11,24H,8-9H2,1-7H3;2*9-11,23H,7-8H2,1-6H3;9-10,22H,6-8H2,1-5H3;8-11,22H,6-7H2,1-5H3. The molecule has 5 N–H and O–H groups in total. The minimum atomic E-state index is -5.97. The quantitative estimate of drug-likeness (QED) is 0.0419. The van der Waals surface area contributed by atoms with Crippen LogP contribution in [0.5, 0.6) is 0 Å². The maximum Gasteiger partial charge on any atom is 0.426 e. The SMILES string of the molecule is CCC(CC(C)C(O)(C(F)(F)F)C(F)(F)F)C1(C)C(C)(C)C(C)(C)OS1(=O)=O.CCC(CC(C)C(O)(C(F)(F)F)C(F)(F)F)C1(C)C(C)C(C)(C)OS1(=O)=O.CCC(CC(C)C(O)(C(F)(F)F)C(F)(F)F)C1(C)CC(C)(C)OS1(=O)=O.CCC(CC(C)C(O)(C(F)(F)F)C(F)(F)F)C1C(C)(C)C(C)(C)OS1(=O)=O.CCC(CC(C)C(O)(C(F)(F)F)C(F)(F)F)C1C(C)C(C)(C)OS1(=O)=O. The average molecular weight is 2130 g/mol. The second-order valence-corrected chi connectivity index (χ2v) is 49.7. The van der Waals surface area contributed by atoms with Gasteiger partial charge in [-0.25, -0.2) is 0 Å². The summed E-state index contributed by atoms with van der Waals surface area (Å²) in [4.78, 5) is 0. The van der Waals surface area contributed by atoms with Crippen LogP contribution in [0.2, 0.25) is 0 Å². The predicted octanol–water partition coefficient (Wildman–Crippen LogP) is 21.9. The fourth-order valence-electron chi connectivity index (χ4n) is 19.5. The number of halogens is 30. The van der Waals surface area contributed by atoms with Gasteiger partial charge in [-0.3, -0.25) is 20.9 Å². The zero-order valence-electron chi connectivity index (χ0n) is 79.1. The van der Waals surface area contributed by atoms with Crippen molar-refractivity contribution in [2.75, 3.05) is 0 Å². The van der Waals surface area contributed by atoms with Crippen LogP contribution in [0.15, 0.2) is 0 Å². The third-order valence-electron chi connectivity index (χ3n) is 30.2. The van der Waals surface area contributed by atoms with E-state index in [1.54, 1.807) is 27.7 Å². The van der Waals surface area contributed by atoms with Crippen LogP contribution in [0, 0.1) is 81.8 Å². The molecule has 5 saturated heterocycles. The lowest BCUT2D eigenvalue weighted by molar-refractivity contribution is -0.385. The fraction of sp³-hybridized carbons (Fsp3) is 1.00. The van der Waals surface area contributed by atoms with E-state index in [2.05, 4.69) is 0 Å². The lowest BCUT2D eigenvalue weighted by Gasteiger charge is -2.47. The topological polar surface area (TPSA) is 318 Å². The molecule has 5 heterocycles. The van der Waals surface area contributed by atoms with Crippen molar-refractivity contribution in [1.82, 2.24) is 0 Å². The van der Waals surface area contributed by atoms with Gasteiger partial charge in [0.05, 0.1) is 38.5 Å². The Morgan fingerprint density at radius 2 is 0.590 bits per heavy atom. The van der Waals surface area contributed by atoms with Gasteiger partial charge in [-0.2, -0.15) is 174 Å². The van der Waals surface area contributed by atoms with Crippen LogP contribution in [0.4, 0.5) is 132 Å². The molecule has 0 aromatic carbocycles. The Labute approximate surface area is 763 Å². The molecule has 5 fully saturated rings. The van der Waals surface area contributed by atoms with Gasteiger partial charge in [0.25, 0.3) is 78.6 Å². The molecule has 804 valence electrons. The maximum atomic E-state index is 13.2. The molecule has 0 amide bonds. The van der Waals surface area contributed by atoms with Gasteiger partial charge in [0, 0.05) is 52.3 Å². The van der Waals surface area contributed by atoms with E-state index in [-0.39, 0.29) is 38.5 Å². The van der Waals surface area contributed by atoms with Crippen LogP contribution in [-0.2, 0) is 71.5 Å². The number of aliphatic hydroxyl groups is 5. The van der Waals surface area contributed by atoms with Gasteiger partial charge < -0.3 is 25.5 Å². The molecule has 5 aliphatic rings. The minimum Gasteiger partial charge on any atom is -0.373 e. The van der Waals surface area contributed by atoms with Crippen molar-refractivity contribution in [2.45, 2.75) is 414 Å². The highest BCUT2D eigenvalue weighted by molar-refractivity contribution is 7.89. The molecule has 0 bridgehead atoms. The summed E-state index contributed by atoms with van der Waals surface area (Å²) in [5.41, 5.74) is -32.7. The molecule has 17 atom stereocenters. The predicted molar refractivity (Wildman–Crippen MR) is 427 cm³/mol. The Bertz CT molecular complexity index is 4480. The van der Waals surface area contributed by atoms with Gasteiger partial charge in [-0.15, -0.1) is 0 Å². The largest absolute Gasteiger partial charge is 0.426 e. The first-order chi connectivity index (χ1) is 58.0. The van der Waals surface area contributed by atoms with Crippen LogP contribution in [0.3, 0.4) is 0 Å². The summed E-state index contributed by atoms with van der Waals surface area (Å²) < 4.78 is 538. The summed E-state index contributed by atoms with van der Waals surface area (Å²) in [6.45, 7) is 38.6. The summed E-state index contributed by atoms with van der Waals surface area (Å²) in [6, 6.07) is 0. The summed E-state index contributed by atoms with van der Waals surface area (Å²) in [5.74, 6) is -18.3.